The minimum Gasteiger partial charge on any atom is -0.390 e. The Morgan fingerprint density at radius 1 is 1.38 bits per heavy atom. The van der Waals surface area contributed by atoms with Gasteiger partial charge in [-0.05, 0) is 44.9 Å². The number of aliphatic hydroxyl groups is 1. The van der Waals surface area contributed by atoms with Crippen LogP contribution in [0.2, 0.25) is 0 Å². The maximum absolute atomic E-state index is 13.4. The van der Waals surface area contributed by atoms with E-state index in [2.05, 4.69) is 5.32 Å². The third kappa shape index (κ3) is 4.25. The summed E-state index contributed by atoms with van der Waals surface area (Å²) in [5.74, 6) is -0.432. The molecule has 0 aromatic heterocycles. The molecule has 0 spiro atoms. The van der Waals surface area contributed by atoms with Crippen molar-refractivity contribution in [2.45, 2.75) is 45.3 Å². The summed E-state index contributed by atoms with van der Waals surface area (Å²) < 4.78 is 13.4. The standard InChI is InChI=1S/C16H23FN2O2/c1-16(2,3)18-9-13(20)10-19-14-8-12(17)6-4-11(14)5-7-15(19)21/h4,6,8,13,18,20H,5,7,9-10H2,1-3H3. The maximum Gasteiger partial charge on any atom is 0.227 e. The van der Waals surface area contributed by atoms with Gasteiger partial charge in [0.15, 0.2) is 0 Å². The minimum absolute atomic E-state index is 0.0668. The summed E-state index contributed by atoms with van der Waals surface area (Å²) in [7, 11) is 0. The first-order valence-electron chi connectivity index (χ1n) is 7.28. The number of benzene rings is 1. The molecule has 0 saturated heterocycles. The molecule has 1 aliphatic rings. The fourth-order valence-corrected chi connectivity index (χ4v) is 2.41. The second-order valence-corrected chi connectivity index (χ2v) is 6.56. The van der Waals surface area contributed by atoms with E-state index in [1.807, 2.05) is 20.8 Å². The highest BCUT2D eigenvalue weighted by atomic mass is 19.1. The van der Waals surface area contributed by atoms with Crippen LogP contribution in [0.5, 0.6) is 0 Å². The lowest BCUT2D eigenvalue weighted by molar-refractivity contribution is -0.119. The number of carbonyl (C=O) groups is 1. The molecule has 1 aromatic carbocycles. The van der Waals surface area contributed by atoms with Crippen LogP contribution in [0.3, 0.4) is 0 Å². The van der Waals surface area contributed by atoms with Crippen LogP contribution in [0.4, 0.5) is 10.1 Å². The van der Waals surface area contributed by atoms with Gasteiger partial charge in [0.05, 0.1) is 12.6 Å². The number of nitrogens with one attached hydrogen (secondary N) is 1. The average Bonchev–Trinajstić information content (AvgIpc) is 2.39. The van der Waals surface area contributed by atoms with Crippen molar-refractivity contribution < 1.29 is 14.3 Å². The number of rotatable bonds is 4. The maximum atomic E-state index is 13.4. The first kappa shape index (κ1) is 15.9. The minimum atomic E-state index is -0.692. The van der Waals surface area contributed by atoms with Gasteiger partial charge in [0.1, 0.15) is 5.82 Å². The zero-order valence-corrected chi connectivity index (χ0v) is 12.8. The first-order valence-corrected chi connectivity index (χ1v) is 7.28. The highest BCUT2D eigenvalue weighted by Crippen LogP contribution is 2.28. The SMILES string of the molecule is CC(C)(C)NCC(O)CN1C(=O)CCc2ccc(F)cc21. The van der Waals surface area contributed by atoms with E-state index in [1.54, 1.807) is 6.07 Å². The van der Waals surface area contributed by atoms with Gasteiger partial charge >= 0.3 is 0 Å². The molecule has 0 radical (unpaired) electrons. The molecule has 0 aliphatic carbocycles. The monoisotopic (exact) mass is 294 g/mol. The molecule has 5 heteroatoms. The molecule has 21 heavy (non-hydrogen) atoms. The summed E-state index contributed by atoms with van der Waals surface area (Å²) >= 11 is 0. The predicted molar refractivity (Wildman–Crippen MR) is 80.8 cm³/mol. The normalized spacial score (nSPS) is 16.8. The topological polar surface area (TPSA) is 52.6 Å². The lowest BCUT2D eigenvalue weighted by Crippen LogP contribution is -2.47. The fraction of sp³-hybridized carbons (Fsp3) is 0.562. The number of β-amino-alcohol motifs (C(OH)–C–C–N with tert-alkyl or cyclic N) is 1. The molecule has 1 unspecified atom stereocenters. The van der Waals surface area contributed by atoms with Crippen LogP contribution >= 0.6 is 0 Å². The molecule has 1 atom stereocenters. The Morgan fingerprint density at radius 2 is 2.10 bits per heavy atom. The van der Waals surface area contributed by atoms with Crippen molar-refractivity contribution in [1.82, 2.24) is 5.32 Å². The van der Waals surface area contributed by atoms with Crippen molar-refractivity contribution in [1.29, 1.82) is 0 Å². The fourth-order valence-electron chi connectivity index (χ4n) is 2.41. The third-order valence-corrected chi connectivity index (χ3v) is 3.51. The van der Waals surface area contributed by atoms with E-state index >= 15 is 0 Å². The van der Waals surface area contributed by atoms with Gasteiger partial charge in [0.25, 0.3) is 0 Å². The number of hydrogen-bond acceptors (Lipinski definition) is 3. The molecule has 0 fully saturated rings. The number of aliphatic hydroxyl groups excluding tert-OH is 1. The molecular formula is C16H23FN2O2. The highest BCUT2D eigenvalue weighted by Gasteiger charge is 2.26. The summed E-state index contributed by atoms with van der Waals surface area (Å²) in [5.41, 5.74) is 1.43. The van der Waals surface area contributed by atoms with Crippen molar-refractivity contribution in [3.63, 3.8) is 0 Å². The van der Waals surface area contributed by atoms with Gasteiger partial charge in [-0.3, -0.25) is 4.79 Å². The average molecular weight is 294 g/mol. The lowest BCUT2D eigenvalue weighted by atomic mass is 10.0. The van der Waals surface area contributed by atoms with Crippen LogP contribution in [0.15, 0.2) is 18.2 Å². The number of anilines is 1. The molecule has 2 N–H and O–H groups in total. The van der Waals surface area contributed by atoms with Gasteiger partial charge in [0, 0.05) is 24.2 Å². The van der Waals surface area contributed by atoms with Crippen molar-refractivity contribution in [2.75, 3.05) is 18.0 Å². The van der Waals surface area contributed by atoms with Crippen LogP contribution in [-0.2, 0) is 11.2 Å². The molecule has 0 saturated carbocycles. The molecule has 1 amide bonds. The first-order chi connectivity index (χ1) is 9.76. The molecule has 2 rings (SSSR count). The number of halogens is 1. The van der Waals surface area contributed by atoms with Crippen molar-refractivity contribution >= 4 is 11.6 Å². The largest absolute Gasteiger partial charge is 0.390 e. The Kier molecular flexibility index (Phi) is 4.64. The quantitative estimate of drug-likeness (QED) is 0.891. The summed E-state index contributed by atoms with van der Waals surface area (Å²) in [6.45, 7) is 6.60. The Labute approximate surface area is 125 Å². The second kappa shape index (κ2) is 6.12. The van der Waals surface area contributed by atoms with Crippen LogP contribution < -0.4 is 10.2 Å². The van der Waals surface area contributed by atoms with Crippen LogP contribution in [-0.4, -0.2) is 35.7 Å². The molecular weight excluding hydrogens is 271 g/mol. The zero-order valence-electron chi connectivity index (χ0n) is 12.8. The lowest BCUT2D eigenvalue weighted by Gasteiger charge is -2.32. The molecule has 0 bridgehead atoms. The van der Waals surface area contributed by atoms with Gasteiger partial charge in [-0.25, -0.2) is 4.39 Å². The second-order valence-electron chi connectivity index (χ2n) is 6.56. The number of amides is 1. The van der Waals surface area contributed by atoms with Crippen LogP contribution in [0.25, 0.3) is 0 Å². The Morgan fingerprint density at radius 3 is 2.76 bits per heavy atom. The van der Waals surface area contributed by atoms with E-state index in [0.29, 0.717) is 25.1 Å². The van der Waals surface area contributed by atoms with Gasteiger partial charge in [-0.2, -0.15) is 0 Å². The van der Waals surface area contributed by atoms with Gasteiger partial charge < -0.3 is 15.3 Å². The molecule has 1 aliphatic heterocycles. The highest BCUT2D eigenvalue weighted by molar-refractivity contribution is 5.96. The zero-order chi connectivity index (χ0) is 15.6. The summed E-state index contributed by atoms with van der Waals surface area (Å²) in [4.78, 5) is 13.6. The molecule has 116 valence electrons. The number of aryl methyl sites for hydroxylation is 1. The van der Waals surface area contributed by atoms with Gasteiger partial charge in [-0.15, -0.1) is 0 Å². The number of carbonyl (C=O) groups excluding carboxylic acids is 1. The van der Waals surface area contributed by atoms with Crippen molar-refractivity contribution in [3.05, 3.63) is 29.6 Å². The predicted octanol–water partition coefficient (Wildman–Crippen LogP) is 1.85. The number of hydrogen-bond donors (Lipinski definition) is 2. The molecule has 1 aromatic rings. The van der Waals surface area contributed by atoms with E-state index in [9.17, 15) is 14.3 Å². The van der Waals surface area contributed by atoms with Gasteiger partial charge in [-0.1, -0.05) is 6.07 Å². The number of fused-ring (bicyclic) bond motifs is 1. The van der Waals surface area contributed by atoms with Crippen molar-refractivity contribution in [3.8, 4) is 0 Å². The van der Waals surface area contributed by atoms with E-state index in [0.717, 1.165) is 5.56 Å². The molecule has 1 heterocycles. The Bertz CT molecular complexity index is 525. The van der Waals surface area contributed by atoms with E-state index < -0.39 is 6.10 Å². The van der Waals surface area contributed by atoms with E-state index in [-0.39, 0.29) is 23.8 Å². The third-order valence-electron chi connectivity index (χ3n) is 3.51. The number of nitrogens with zero attached hydrogens (tertiary/aromatic N) is 1. The van der Waals surface area contributed by atoms with Crippen LogP contribution in [0, 0.1) is 5.82 Å². The molecule has 4 nitrogen and oxygen atoms in total. The van der Waals surface area contributed by atoms with Gasteiger partial charge in [0.2, 0.25) is 5.91 Å². The van der Waals surface area contributed by atoms with Crippen LogP contribution in [0.1, 0.15) is 32.8 Å². The summed E-state index contributed by atoms with van der Waals surface area (Å²) in [5, 5.41) is 13.3. The van der Waals surface area contributed by atoms with Crippen molar-refractivity contribution in [2.24, 2.45) is 0 Å². The summed E-state index contributed by atoms with van der Waals surface area (Å²) in [6, 6.07) is 4.49. The van der Waals surface area contributed by atoms with E-state index in [4.69, 9.17) is 0 Å². The Hall–Kier alpha value is -1.46. The Balaban J connectivity index is 2.09. The smallest absolute Gasteiger partial charge is 0.227 e. The van der Waals surface area contributed by atoms with E-state index in [1.165, 1.54) is 17.0 Å². The summed E-state index contributed by atoms with van der Waals surface area (Å²) in [6.07, 6.45) is 0.335.